The maximum Gasteiger partial charge on any atom is 0.418 e. The molecule has 1 aliphatic heterocycles. The minimum absolute atomic E-state index is 0.206. The van der Waals surface area contributed by atoms with Gasteiger partial charge in [-0.1, -0.05) is 36.4 Å². The van der Waals surface area contributed by atoms with Gasteiger partial charge in [0.25, 0.3) is 0 Å². The quantitative estimate of drug-likeness (QED) is 0.636. The second-order valence-electron chi connectivity index (χ2n) is 7.62. The summed E-state index contributed by atoms with van der Waals surface area (Å²) in [4.78, 5) is 12.5. The molecule has 2 heterocycles. The lowest BCUT2D eigenvalue weighted by Crippen LogP contribution is -2.25. The van der Waals surface area contributed by atoms with E-state index >= 15 is 0 Å². The first-order valence-corrected chi connectivity index (χ1v) is 10.0. The van der Waals surface area contributed by atoms with Crippen molar-refractivity contribution in [3.63, 3.8) is 0 Å². The molecule has 0 aliphatic carbocycles. The number of ether oxygens (including phenoxy) is 4. The molecule has 8 heteroatoms. The van der Waals surface area contributed by atoms with E-state index in [0.29, 0.717) is 23.7 Å². The number of para-hydroxylation sites is 2. The van der Waals surface area contributed by atoms with Crippen LogP contribution >= 0.6 is 0 Å². The van der Waals surface area contributed by atoms with Gasteiger partial charge in [-0.25, -0.2) is 4.79 Å². The van der Waals surface area contributed by atoms with Gasteiger partial charge in [0, 0.05) is 5.69 Å². The van der Waals surface area contributed by atoms with Crippen molar-refractivity contribution in [2.45, 2.75) is 32.7 Å². The summed E-state index contributed by atoms with van der Waals surface area (Å²) >= 11 is 0. The van der Waals surface area contributed by atoms with E-state index < -0.39 is 11.9 Å². The van der Waals surface area contributed by atoms with E-state index in [1.165, 1.54) is 0 Å². The molecule has 8 nitrogen and oxygen atoms in total. The van der Waals surface area contributed by atoms with Gasteiger partial charge < -0.3 is 18.9 Å². The third-order valence-corrected chi connectivity index (χ3v) is 4.71. The number of rotatable bonds is 6. The lowest BCUT2D eigenvalue weighted by atomic mass is 10.3. The third-order valence-electron chi connectivity index (χ3n) is 4.71. The fraction of sp³-hybridized carbons (Fsp3) is 0.304. The van der Waals surface area contributed by atoms with Crippen LogP contribution in [-0.2, 0) is 9.47 Å². The number of nitrogens with zero attached hydrogens (tertiary/aromatic N) is 2. The predicted octanol–water partition coefficient (Wildman–Crippen LogP) is 4.32. The Morgan fingerprint density at radius 3 is 2.48 bits per heavy atom. The van der Waals surface area contributed by atoms with Crippen LogP contribution in [0, 0.1) is 6.92 Å². The van der Waals surface area contributed by atoms with Gasteiger partial charge in [0.05, 0.1) is 17.9 Å². The lowest BCUT2D eigenvalue weighted by molar-refractivity contribution is -0.141. The lowest BCUT2D eigenvalue weighted by Gasteiger charge is -2.16. The van der Waals surface area contributed by atoms with Crippen LogP contribution in [0.25, 0.3) is 5.69 Å². The Kier molecular flexibility index (Phi) is 5.92. The van der Waals surface area contributed by atoms with Crippen LogP contribution in [-0.4, -0.2) is 41.0 Å². The summed E-state index contributed by atoms with van der Waals surface area (Å²) in [5, 5.41) is 7.24. The molecule has 4 rings (SSSR count). The van der Waals surface area contributed by atoms with Crippen molar-refractivity contribution in [3.05, 3.63) is 66.2 Å². The highest BCUT2D eigenvalue weighted by Gasteiger charge is 2.33. The van der Waals surface area contributed by atoms with Gasteiger partial charge in [-0.3, -0.25) is 5.32 Å². The molecule has 1 saturated heterocycles. The van der Waals surface area contributed by atoms with E-state index in [-0.39, 0.29) is 18.6 Å². The minimum Gasteiger partial charge on any atom is -0.473 e. The van der Waals surface area contributed by atoms with Gasteiger partial charge in [0.2, 0.25) is 11.8 Å². The molecule has 1 fully saturated rings. The van der Waals surface area contributed by atoms with Gasteiger partial charge in [0.1, 0.15) is 12.7 Å². The summed E-state index contributed by atoms with van der Waals surface area (Å²) in [6, 6.07) is 18.5. The molecule has 1 amide bonds. The normalized spacial score (nSPS) is 17.3. The van der Waals surface area contributed by atoms with Crippen molar-refractivity contribution in [2.75, 3.05) is 18.5 Å². The fourth-order valence-corrected chi connectivity index (χ4v) is 3.23. The maximum atomic E-state index is 12.5. The van der Waals surface area contributed by atoms with E-state index in [1.54, 1.807) is 23.7 Å². The van der Waals surface area contributed by atoms with Gasteiger partial charge in [-0.2, -0.15) is 4.68 Å². The number of carbonyl (C=O) groups is 1. The Morgan fingerprint density at radius 2 is 1.84 bits per heavy atom. The summed E-state index contributed by atoms with van der Waals surface area (Å²) < 4.78 is 24.4. The first-order chi connectivity index (χ1) is 14.9. The monoisotopic (exact) mass is 423 g/mol. The highest BCUT2D eigenvalue weighted by atomic mass is 16.7. The van der Waals surface area contributed by atoms with Gasteiger partial charge in [-0.05, 0) is 45.0 Å². The molecule has 1 unspecified atom stereocenters. The first kappa shape index (κ1) is 20.9. The number of benzene rings is 2. The molecule has 1 aliphatic rings. The number of nitrogens with one attached hydrogen (secondary N) is 1. The molecule has 0 saturated carbocycles. The number of anilines is 1. The third kappa shape index (κ3) is 5.04. The predicted molar refractivity (Wildman–Crippen MR) is 115 cm³/mol. The first-order valence-electron chi connectivity index (χ1n) is 10.0. The molecule has 1 atom stereocenters. The molecular weight excluding hydrogens is 398 g/mol. The largest absolute Gasteiger partial charge is 0.473 e. The van der Waals surface area contributed by atoms with Crippen LogP contribution in [0.15, 0.2) is 60.7 Å². The Hall–Kier alpha value is -3.36. The molecule has 0 bridgehead atoms. The van der Waals surface area contributed by atoms with Crippen molar-refractivity contribution < 1.29 is 23.7 Å². The van der Waals surface area contributed by atoms with Gasteiger partial charge in [-0.15, -0.1) is 5.10 Å². The van der Waals surface area contributed by atoms with Crippen LogP contribution in [0.3, 0.4) is 0 Å². The molecule has 0 spiro atoms. The van der Waals surface area contributed by atoms with Crippen LogP contribution in [0.2, 0.25) is 0 Å². The fourth-order valence-electron chi connectivity index (χ4n) is 3.23. The average molecular weight is 423 g/mol. The Bertz CT molecular complexity index is 1030. The van der Waals surface area contributed by atoms with E-state index in [1.807, 2.05) is 62.4 Å². The van der Waals surface area contributed by atoms with Crippen molar-refractivity contribution >= 4 is 11.8 Å². The molecule has 3 aromatic rings. The van der Waals surface area contributed by atoms with Gasteiger partial charge >= 0.3 is 6.09 Å². The Labute approximate surface area is 180 Å². The van der Waals surface area contributed by atoms with E-state index in [9.17, 15) is 4.79 Å². The smallest absolute Gasteiger partial charge is 0.418 e. The Morgan fingerprint density at radius 1 is 1.16 bits per heavy atom. The maximum absolute atomic E-state index is 12.5. The summed E-state index contributed by atoms with van der Waals surface area (Å²) in [6.45, 7) is 6.22. The zero-order valence-corrected chi connectivity index (χ0v) is 17.7. The van der Waals surface area contributed by atoms with E-state index in [0.717, 1.165) is 5.69 Å². The second-order valence-corrected chi connectivity index (χ2v) is 7.62. The average Bonchev–Trinajstić information content (AvgIpc) is 3.27. The summed E-state index contributed by atoms with van der Waals surface area (Å²) in [7, 11) is 0. The number of aromatic nitrogens is 2. The number of carbonyl (C=O) groups excluding carboxylic acids is 1. The number of hydrogen-bond acceptors (Lipinski definition) is 6. The number of hydrogen-bond donors (Lipinski definition) is 1. The molecular formula is C23H25N3O5. The van der Waals surface area contributed by atoms with E-state index in [2.05, 4.69) is 10.4 Å². The summed E-state index contributed by atoms with van der Waals surface area (Å²) in [6.07, 6.45) is -0.825. The zero-order valence-electron chi connectivity index (χ0n) is 17.7. The van der Waals surface area contributed by atoms with Crippen LogP contribution in [0.1, 0.15) is 19.4 Å². The standard InChI is InChI=1S/C23H25N3O5/c1-16-20(28-14-19-15-29-23(2,3)31-19)25-26(18-12-8-5-9-13-18)21(16)30-22(27)24-17-10-6-4-7-11-17/h4-13,19H,14-15H2,1-3H3,(H,24,27). The van der Waals surface area contributed by atoms with Crippen molar-refractivity contribution in [1.29, 1.82) is 0 Å². The Balaban J connectivity index is 1.55. The molecule has 1 N–H and O–H groups in total. The summed E-state index contributed by atoms with van der Waals surface area (Å²) in [5.74, 6) is 0.00854. The van der Waals surface area contributed by atoms with Crippen LogP contribution in [0.4, 0.5) is 10.5 Å². The molecule has 1 aromatic heterocycles. The highest BCUT2D eigenvalue weighted by Crippen LogP contribution is 2.31. The molecule has 0 radical (unpaired) electrons. The molecule has 31 heavy (non-hydrogen) atoms. The van der Waals surface area contributed by atoms with Crippen molar-refractivity contribution in [2.24, 2.45) is 0 Å². The SMILES string of the molecule is Cc1c(OCC2COC(C)(C)O2)nn(-c2ccccc2)c1OC(=O)Nc1ccccc1. The highest BCUT2D eigenvalue weighted by molar-refractivity contribution is 5.86. The van der Waals surface area contributed by atoms with Crippen molar-refractivity contribution in [1.82, 2.24) is 9.78 Å². The second kappa shape index (κ2) is 8.79. The van der Waals surface area contributed by atoms with E-state index in [4.69, 9.17) is 18.9 Å². The van der Waals surface area contributed by atoms with Gasteiger partial charge in [0.15, 0.2) is 5.79 Å². The van der Waals surface area contributed by atoms with Crippen LogP contribution < -0.4 is 14.8 Å². The topological polar surface area (TPSA) is 83.8 Å². The van der Waals surface area contributed by atoms with Crippen molar-refractivity contribution in [3.8, 4) is 17.4 Å². The summed E-state index contributed by atoms with van der Waals surface area (Å²) in [5.41, 5.74) is 1.98. The van der Waals surface area contributed by atoms with Crippen LogP contribution in [0.5, 0.6) is 11.8 Å². The molecule has 2 aromatic carbocycles. The number of amides is 1. The molecule has 162 valence electrons. The minimum atomic E-state index is -0.629. The zero-order chi connectivity index (χ0) is 21.8.